The number of amides is 1. The Labute approximate surface area is 160 Å². The maximum absolute atomic E-state index is 11.9. The van der Waals surface area contributed by atoms with Crippen molar-refractivity contribution in [2.24, 2.45) is 0 Å². The summed E-state index contributed by atoms with van der Waals surface area (Å²) in [6.07, 6.45) is -0.555. The second-order valence-corrected chi connectivity index (χ2v) is 6.83. The molecule has 0 saturated heterocycles. The first-order chi connectivity index (χ1) is 12.9. The van der Waals surface area contributed by atoms with Gasteiger partial charge in [-0.1, -0.05) is 0 Å². The fourth-order valence-electron chi connectivity index (χ4n) is 2.62. The summed E-state index contributed by atoms with van der Waals surface area (Å²) in [6.45, 7) is 5.77. The summed E-state index contributed by atoms with van der Waals surface area (Å²) < 4.78 is 10.1. The van der Waals surface area contributed by atoms with Crippen molar-refractivity contribution in [1.82, 2.24) is 9.97 Å². The van der Waals surface area contributed by atoms with Gasteiger partial charge in [-0.2, -0.15) is 0 Å². The molecule has 8 heteroatoms. The zero-order valence-electron chi connectivity index (χ0n) is 15.2. The number of carbonyl (C=O) groups excluding carboxylic acids is 1. The van der Waals surface area contributed by atoms with Crippen LogP contribution in [0.5, 0.6) is 0 Å². The number of benzene rings is 1. The summed E-state index contributed by atoms with van der Waals surface area (Å²) in [5.41, 5.74) is 2.19. The Morgan fingerprint density at radius 1 is 1.22 bits per heavy atom. The van der Waals surface area contributed by atoms with Crippen molar-refractivity contribution in [3.05, 3.63) is 57.8 Å². The fourth-order valence-corrected chi connectivity index (χ4v) is 3.61. The normalized spacial score (nSPS) is 10.8. The van der Waals surface area contributed by atoms with Crippen LogP contribution in [0.1, 0.15) is 24.0 Å². The first-order valence-electron chi connectivity index (χ1n) is 8.40. The molecule has 0 unspecified atom stereocenters. The minimum atomic E-state index is -0.555. The zero-order chi connectivity index (χ0) is 19.4. The van der Waals surface area contributed by atoms with Gasteiger partial charge in [-0.15, -0.1) is 11.8 Å². The van der Waals surface area contributed by atoms with Crippen LogP contribution in [0.2, 0.25) is 0 Å². The van der Waals surface area contributed by atoms with Gasteiger partial charge in [-0.3, -0.25) is 5.32 Å². The Bertz CT molecular complexity index is 1030. The number of nitrogens with one attached hydrogen (secondary N) is 1. The van der Waals surface area contributed by atoms with Crippen LogP contribution in [-0.2, 0) is 10.5 Å². The molecule has 0 aliphatic heterocycles. The number of anilines is 1. The van der Waals surface area contributed by atoms with Crippen molar-refractivity contribution in [1.29, 1.82) is 0 Å². The average Bonchev–Trinajstić information content (AvgIpc) is 2.58. The predicted molar refractivity (Wildman–Crippen MR) is 104 cm³/mol. The first kappa shape index (κ1) is 18.9. The van der Waals surface area contributed by atoms with Crippen molar-refractivity contribution in [2.45, 2.75) is 31.6 Å². The molecular weight excluding hydrogens is 366 g/mol. The third-order valence-corrected chi connectivity index (χ3v) is 4.63. The molecule has 7 nitrogen and oxygen atoms in total. The summed E-state index contributed by atoms with van der Waals surface area (Å²) in [5, 5.41) is 4.25. The van der Waals surface area contributed by atoms with Gasteiger partial charge in [-0.05, 0) is 44.5 Å². The van der Waals surface area contributed by atoms with E-state index in [2.05, 4.69) is 15.3 Å². The highest BCUT2D eigenvalue weighted by atomic mass is 32.2. The molecule has 0 spiro atoms. The molecule has 1 amide bonds. The van der Waals surface area contributed by atoms with Crippen molar-refractivity contribution in [2.75, 3.05) is 11.9 Å². The molecule has 0 saturated carbocycles. The third kappa shape index (κ3) is 4.85. The molecule has 0 atom stereocenters. The van der Waals surface area contributed by atoms with Gasteiger partial charge in [0.25, 0.3) is 0 Å². The molecular formula is C19H19N3O4S. The van der Waals surface area contributed by atoms with Crippen LogP contribution in [0.3, 0.4) is 0 Å². The highest BCUT2D eigenvalue weighted by molar-refractivity contribution is 7.98. The summed E-state index contributed by atoms with van der Waals surface area (Å²) >= 11 is 1.53. The highest BCUT2D eigenvalue weighted by Gasteiger charge is 2.10. The van der Waals surface area contributed by atoms with E-state index in [0.717, 1.165) is 21.7 Å². The van der Waals surface area contributed by atoms with E-state index in [4.69, 9.17) is 9.15 Å². The molecule has 2 aromatic heterocycles. The maximum atomic E-state index is 11.9. The lowest BCUT2D eigenvalue weighted by atomic mass is 10.1. The molecule has 3 aromatic rings. The number of hydrogen-bond acceptors (Lipinski definition) is 7. The van der Waals surface area contributed by atoms with E-state index in [1.54, 1.807) is 19.1 Å². The lowest BCUT2D eigenvalue weighted by Gasteiger charge is -2.09. The van der Waals surface area contributed by atoms with Gasteiger partial charge in [0.1, 0.15) is 16.4 Å². The van der Waals surface area contributed by atoms with Crippen LogP contribution < -0.4 is 10.9 Å². The summed E-state index contributed by atoms with van der Waals surface area (Å²) in [6, 6.07) is 8.56. The molecule has 140 valence electrons. The first-order valence-corrected chi connectivity index (χ1v) is 9.39. The molecule has 0 aliphatic rings. The predicted octanol–water partition coefficient (Wildman–Crippen LogP) is 4.06. The minimum Gasteiger partial charge on any atom is -0.450 e. The fraction of sp³-hybridized carbons (Fsp3) is 0.263. The summed E-state index contributed by atoms with van der Waals surface area (Å²) in [5.74, 6) is 1.27. The molecule has 3 rings (SSSR count). The Kier molecular flexibility index (Phi) is 5.75. The van der Waals surface area contributed by atoms with Crippen LogP contribution >= 0.6 is 11.8 Å². The molecule has 2 heterocycles. The number of hydrogen-bond donors (Lipinski definition) is 1. The Balaban J connectivity index is 1.86. The van der Waals surface area contributed by atoms with Crippen molar-refractivity contribution < 1.29 is 13.9 Å². The van der Waals surface area contributed by atoms with Gasteiger partial charge in [0.15, 0.2) is 0 Å². The van der Waals surface area contributed by atoms with Gasteiger partial charge in [0.05, 0.1) is 6.61 Å². The number of fused-ring (bicyclic) bond motifs is 1. The third-order valence-electron chi connectivity index (χ3n) is 3.67. The van der Waals surface area contributed by atoms with Gasteiger partial charge in [0.2, 0.25) is 0 Å². The Hall–Kier alpha value is -2.87. The zero-order valence-corrected chi connectivity index (χ0v) is 16.1. The molecule has 1 aromatic carbocycles. The Morgan fingerprint density at radius 2 is 2.04 bits per heavy atom. The van der Waals surface area contributed by atoms with E-state index >= 15 is 0 Å². The van der Waals surface area contributed by atoms with Crippen LogP contribution in [0.15, 0.2) is 44.6 Å². The molecule has 0 bridgehead atoms. The second kappa shape index (κ2) is 8.22. The largest absolute Gasteiger partial charge is 0.450 e. The van der Waals surface area contributed by atoms with E-state index in [1.165, 1.54) is 17.8 Å². The van der Waals surface area contributed by atoms with Crippen LogP contribution in [0.4, 0.5) is 10.5 Å². The summed E-state index contributed by atoms with van der Waals surface area (Å²) in [7, 11) is 0. The van der Waals surface area contributed by atoms with Crippen molar-refractivity contribution in [3.8, 4) is 0 Å². The Morgan fingerprint density at radius 3 is 2.78 bits per heavy atom. The number of aryl methyl sites for hydroxylation is 2. The number of aromatic nitrogens is 2. The standard InChI is InChI=1S/C19H19N3O4S/c1-4-25-19(24)22-14-5-6-15-13(8-18(23)26-16(15)9-14)10-27-17-7-11(2)20-12(3)21-17/h5-9H,4,10H2,1-3H3,(H,22,24). The number of rotatable bonds is 5. The summed E-state index contributed by atoms with van der Waals surface area (Å²) in [4.78, 5) is 32.2. The maximum Gasteiger partial charge on any atom is 0.411 e. The number of thioether (sulfide) groups is 1. The van der Waals surface area contributed by atoms with Crippen molar-refractivity contribution >= 4 is 34.5 Å². The van der Waals surface area contributed by atoms with E-state index in [1.807, 2.05) is 26.0 Å². The van der Waals surface area contributed by atoms with Crippen LogP contribution in [0, 0.1) is 13.8 Å². The van der Waals surface area contributed by atoms with Gasteiger partial charge >= 0.3 is 11.7 Å². The van der Waals surface area contributed by atoms with Gasteiger partial charge in [0, 0.05) is 34.7 Å². The van der Waals surface area contributed by atoms with E-state index in [9.17, 15) is 9.59 Å². The quantitative estimate of drug-likeness (QED) is 0.402. The average molecular weight is 385 g/mol. The van der Waals surface area contributed by atoms with E-state index in [-0.39, 0.29) is 6.61 Å². The molecule has 1 N–H and O–H groups in total. The molecule has 27 heavy (non-hydrogen) atoms. The van der Waals surface area contributed by atoms with E-state index in [0.29, 0.717) is 22.8 Å². The second-order valence-electron chi connectivity index (χ2n) is 5.83. The molecule has 0 aliphatic carbocycles. The minimum absolute atomic E-state index is 0.276. The van der Waals surface area contributed by atoms with Crippen LogP contribution in [0.25, 0.3) is 11.0 Å². The highest BCUT2D eigenvalue weighted by Crippen LogP contribution is 2.27. The van der Waals surface area contributed by atoms with Gasteiger partial charge in [-0.25, -0.2) is 19.6 Å². The lowest BCUT2D eigenvalue weighted by molar-refractivity contribution is 0.168. The smallest absolute Gasteiger partial charge is 0.411 e. The van der Waals surface area contributed by atoms with E-state index < -0.39 is 11.7 Å². The topological polar surface area (TPSA) is 94.3 Å². The lowest BCUT2D eigenvalue weighted by Crippen LogP contribution is -2.13. The molecule has 0 fully saturated rings. The number of carbonyl (C=O) groups is 1. The number of ether oxygens (including phenoxy) is 1. The SMILES string of the molecule is CCOC(=O)Nc1ccc2c(CSc3cc(C)nc(C)n3)cc(=O)oc2c1. The van der Waals surface area contributed by atoms with Crippen molar-refractivity contribution in [3.63, 3.8) is 0 Å². The monoisotopic (exact) mass is 385 g/mol. The van der Waals surface area contributed by atoms with Crippen LogP contribution in [-0.4, -0.2) is 22.7 Å². The molecule has 0 radical (unpaired) electrons. The number of nitrogens with zero attached hydrogens (tertiary/aromatic N) is 2. The van der Waals surface area contributed by atoms with Gasteiger partial charge < -0.3 is 9.15 Å².